The molecule has 1 heterocycles. The Labute approximate surface area is 125 Å². The topological polar surface area (TPSA) is 48.3 Å². The molecule has 0 saturated heterocycles. The van der Waals surface area contributed by atoms with Crippen molar-refractivity contribution in [1.29, 1.82) is 0 Å². The quantitative estimate of drug-likeness (QED) is 0.851. The molecule has 1 unspecified atom stereocenters. The molecule has 1 aromatic heterocycles. The van der Waals surface area contributed by atoms with E-state index < -0.39 is 0 Å². The molecule has 5 heteroatoms. The molecule has 0 amide bonds. The van der Waals surface area contributed by atoms with Crippen molar-refractivity contribution in [1.82, 2.24) is 15.1 Å². The zero-order valence-electron chi connectivity index (χ0n) is 13.1. The number of benzene rings is 1. The molecule has 0 spiro atoms. The summed E-state index contributed by atoms with van der Waals surface area (Å²) in [5.41, 5.74) is 2.16. The summed E-state index contributed by atoms with van der Waals surface area (Å²) >= 11 is 0. The third kappa shape index (κ3) is 3.19. The standard InChI is InChI=1S/C16H23N3O2/c1-5-9-19-16(14(21-4)11-18-19)15(17-2)12-7-6-8-13(10-12)20-3/h6-8,10-11,15,17H,5,9H2,1-4H3. The van der Waals surface area contributed by atoms with Crippen molar-refractivity contribution >= 4 is 0 Å². The average molecular weight is 289 g/mol. The van der Waals surface area contributed by atoms with Crippen LogP contribution in [0.4, 0.5) is 0 Å². The summed E-state index contributed by atoms with van der Waals surface area (Å²) in [4.78, 5) is 0. The van der Waals surface area contributed by atoms with Gasteiger partial charge in [-0.15, -0.1) is 0 Å². The number of rotatable bonds is 7. The van der Waals surface area contributed by atoms with E-state index in [0.717, 1.165) is 35.7 Å². The van der Waals surface area contributed by atoms with Gasteiger partial charge >= 0.3 is 0 Å². The van der Waals surface area contributed by atoms with Crippen molar-refractivity contribution < 1.29 is 9.47 Å². The van der Waals surface area contributed by atoms with Crippen LogP contribution in [0.2, 0.25) is 0 Å². The van der Waals surface area contributed by atoms with Crippen LogP contribution >= 0.6 is 0 Å². The Morgan fingerprint density at radius 1 is 1.29 bits per heavy atom. The van der Waals surface area contributed by atoms with Gasteiger partial charge in [0.1, 0.15) is 11.4 Å². The smallest absolute Gasteiger partial charge is 0.161 e. The average Bonchev–Trinajstić information content (AvgIpc) is 2.92. The predicted molar refractivity (Wildman–Crippen MR) is 83.0 cm³/mol. The third-order valence-corrected chi connectivity index (χ3v) is 3.49. The molecule has 0 aliphatic heterocycles. The molecule has 0 saturated carbocycles. The molecule has 0 fully saturated rings. The molecule has 2 rings (SSSR count). The van der Waals surface area contributed by atoms with Gasteiger partial charge < -0.3 is 14.8 Å². The fraction of sp³-hybridized carbons (Fsp3) is 0.438. The Hall–Kier alpha value is -2.01. The molecule has 0 bridgehead atoms. The molecule has 114 valence electrons. The molecular weight excluding hydrogens is 266 g/mol. The van der Waals surface area contributed by atoms with Crippen LogP contribution in [-0.2, 0) is 6.54 Å². The van der Waals surface area contributed by atoms with E-state index in [-0.39, 0.29) is 6.04 Å². The maximum absolute atomic E-state index is 5.48. The van der Waals surface area contributed by atoms with E-state index in [0.29, 0.717) is 0 Å². The lowest BCUT2D eigenvalue weighted by atomic mass is 10.0. The highest BCUT2D eigenvalue weighted by Gasteiger charge is 2.22. The number of nitrogens with zero attached hydrogens (tertiary/aromatic N) is 2. The van der Waals surface area contributed by atoms with E-state index in [4.69, 9.17) is 9.47 Å². The molecule has 2 aromatic rings. The van der Waals surface area contributed by atoms with Gasteiger partial charge in [-0.25, -0.2) is 0 Å². The zero-order chi connectivity index (χ0) is 15.2. The van der Waals surface area contributed by atoms with Crippen LogP contribution in [0.1, 0.15) is 30.6 Å². The Balaban J connectivity index is 2.47. The van der Waals surface area contributed by atoms with Crippen molar-refractivity contribution in [3.05, 3.63) is 41.7 Å². The first-order valence-corrected chi connectivity index (χ1v) is 7.16. The number of hydrogen-bond donors (Lipinski definition) is 1. The van der Waals surface area contributed by atoms with Gasteiger partial charge in [0.05, 0.1) is 26.5 Å². The van der Waals surface area contributed by atoms with E-state index in [2.05, 4.69) is 23.4 Å². The zero-order valence-corrected chi connectivity index (χ0v) is 13.1. The fourth-order valence-electron chi connectivity index (χ4n) is 2.50. The number of aromatic nitrogens is 2. The number of hydrogen-bond acceptors (Lipinski definition) is 4. The SMILES string of the molecule is CCCn1ncc(OC)c1C(NC)c1cccc(OC)c1. The number of aryl methyl sites for hydroxylation is 1. The molecule has 1 N–H and O–H groups in total. The number of methoxy groups -OCH3 is 2. The Kier molecular flexibility index (Phi) is 5.22. The molecule has 0 aliphatic rings. The minimum atomic E-state index is 0.00380. The predicted octanol–water partition coefficient (Wildman–Crippen LogP) is 2.62. The van der Waals surface area contributed by atoms with Crippen molar-refractivity contribution in [2.24, 2.45) is 0 Å². The van der Waals surface area contributed by atoms with Crippen LogP contribution in [0, 0.1) is 0 Å². The summed E-state index contributed by atoms with van der Waals surface area (Å²) in [5, 5.41) is 7.78. The van der Waals surface area contributed by atoms with E-state index in [1.165, 1.54) is 0 Å². The lowest BCUT2D eigenvalue weighted by Gasteiger charge is -2.20. The van der Waals surface area contributed by atoms with Gasteiger partial charge in [-0.2, -0.15) is 5.10 Å². The first-order valence-electron chi connectivity index (χ1n) is 7.16. The highest BCUT2D eigenvalue weighted by atomic mass is 16.5. The van der Waals surface area contributed by atoms with Crippen LogP contribution < -0.4 is 14.8 Å². The summed E-state index contributed by atoms with van der Waals surface area (Å²) in [6.07, 6.45) is 2.79. The summed E-state index contributed by atoms with van der Waals surface area (Å²) < 4.78 is 12.8. The molecular formula is C16H23N3O2. The summed E-state index contributed by atoms with van der Waals surface area (Å²) in [5.74, 6) is 1.64. The number of nitrogens with one attached hydrogen (secondary N) is 1. The first-order chi connectivity index (χ1) is 10.2. The van der Waals surface area contributed by atoms with Gasteiger partial charge in [0, 0.05) is 6.54 Å². The Morgan fingerprint density at radius 2 is 2.10 bits per heavy atom. The summed E-state index contributed by atoms with van der Waals surface area (Å²) in [6, 6.07) is 8.04. The molecule has 21 heavy (non-hydrogen) atoms. The van der Waals surface area contributed by atoms with Crippen molar-refractivity contribution in [2.45, 2.75) is 25.9 Å². The monoisotopic (exact) mass is 289 g/mol. The fourth-order valence-corrected chi connectivity index (χ4v) is 2.50. The second kappa shape index (κ2) is 7.13. The van der Waals surface area contributed by atoms with Crippen LogP contribution in [0.25, 0.3) is 0 Å². The van der Waals surface area contributed by atoms with Gasteiger partial charge in [-0.1, -0.05) is 19.1 Å². The van der Waals surface area contributed by atoms with Gasteiger partial charge in [0.2, 0.25) is 0 Å². The molecule has 1 atom stereocenters. The summed E-state index contributed by atoms with van der Waals surface area (Å²) in [6.45, 7) is 3.00. The largest absolute Gasteiger partial charge is 0.497 e. The lowest BCUT2D eigenvalue weighted by Crippen LogP contribution is -2.22. The third-order valence-electron chi connectivity index (χ3n) is 3.49. The minimum Gasteiger partial charge on any atom is -0.497 e. The van der Waals surface area contributed by atoms with Crippen LogP contribution in [0.15, 0.2) is 30.5 Å². The number of ether oxygens (including phenoxy) is 2. The van der Waals surface area contributed by atoms with Crippen LogP contribution in [0.5, 0.6) is 11.5 Å². The van der Waals surface area contributed by atoms with Gasteiger partial charge in [-0.3, -0.25) is 4.68 Å². The molecule has 5 nitrogen and oxygen atoms in total. The second-order valence-corrected chi connectivity index (χ2v) is 4.82. The highest BCUT2D eigenvalue weighted by Crippen LogP contribution is 2.31. The van der Waals surface area contributed by atoms with E-state index in [9.17, 15) is 0 Å². The maximum atomic E-state index is 5.48. The molecule has 0 radical (unpaired) electrons. The molecule has 1 aromatic carbocycles. The van der Waals surface area contributed by atoms with E-state index >= 15 is 0 Å². The molecule has 0 aliphatic carbocycles. The van der Waals surface area contributed by atoms with Crippen LogP contribution in [0.3, 0.4) is 0 Å². The Bertz CT molecular complexity index is 581. The maximum Gasteiger partial charge on any atom is 0.161 e. The summed E-state index contributed by atoms with van der Waals surface area (Å²) in [7, 11) is 5.29. The van der Waals surface area contributed by atoms with Crippen molar-refractivity contribution in [2.75, 3.05) is 21.3 Å². The van der Waals surface area contributed by atoms with Crippen molar-refractivity contribution in [3.63, 3.8) is 0 Å². The normalized spacial score (nSPS) is 12.2. The first kappa shape index (κ1) is 15.4. The van der Waals surface area contributed by atoms with Gasteiger partial charge in [0.25, 0.3) is 0 Å². The van der Waals surface area contributed by atoms with E-state index in [1.807, 2.05) is 29.9 Å². The highest BCUT2D eigenvalue weighted by molar-refractivity contribution is 5.39. The van der Waals surface area contributed by atoms with Gasteiger partial charge in [-0.05, 0) is 31.2 Å². The van der Waals surface area contributed by atoms with Crippen molar-refractivity contribution in [3.8, 4) is 11.5 Å². The van der Waals surface area contributed by atoms with Gasteiger partial charge in [0.15, 0.2) is 5.75 Å². The second-order valence-electron chi connectivity index (χ2n) is 4.82. The lowest BCUT2D eigenvalue weighted by molar-refractivity contribution is 0.399. The van der Waals surface area contributed by atoms with Crippen LogP contribution in [-0.4, -0.2) is 31.0 Å². The Morgan fingerprint density at radius 3 is 2.71 bits per heavy atom. The minimum absolute atomic E-state index is 0.00380. The van der Waals surface area contributed by atoms with E-state index in [1.54, 1.807) is 20.4 Å².